The molecule has 30 valence electrons. The van der Waals surface area contributed by atoms with Crippen molar-refractivity contribution < 1.29 is 0 Å². The van der Waals surface area contributed by atoms with Gasteiger partial charge in [0.05, 0.1) is 10.2 Å². The molecule has 0 saturated heterocycles. The largest absolute Gasteiger partial charge is 0.130 e. The summed E-state index contributed by atoms with van der Waals surface area (Å²) >= 11 is 0. The van der Waals surface area contributed by atoms with Crippen molar-refractivity contribution in [1.29, 1.82) is 0 Å². The van der Waals surface area contributed by atoms with Crippen LogP contribution in [-0.2, 0) is 0 Å². The van der Waals surface area contributed by atoms with Crippen LogP contribution in [-0.4, -0.2) is 10.2 Å². The molecule has 0 aliphatic carbocycles. The van der Waals surface area contributed by atoms with Crippen molar-refractivity contribution in [2.24, 2.45) is 0 Å². The first-order chi connectivity index (χ1) is 2.91. The maximum absolute atomic E-state index is 2.78. The minimum absolute atomic E-state index is 0.940. The minimum Gasteiger partial charge on any atom is -0.130 e. The molecule has 6 heavy (non-hydrogen) atoms. The highest BCUT2D eigenvalue weighted by atomic mass is 28.1. The molecular weight excluding hydrogens is 88.1 g/mol. The van der Waals surface area contributed by atoms with Gasteiger partial charge < -0.3 is 0 Å². The van der Waals surface area contributed by atoms with Gasteiger partial charge in [0.25, 0.3) is 0 Å². The fourth-order valence-electron chi connectivity index (χ4n) is 0.125. The topological polar surface area (TPSA) is 0 Å². The normalized spacial score (nSPS) is 4.17. The lowest BCUT2D eigenvalue weighted by molar-refractivity contribution is 1.92. The van der Waals surface area contributed by atoms with Crippen LogP contribution in [0.5, 0.6) is 0 Å². The van der Waals surface area contributed by atoms with Crippen LogP contribution in [0.25, 0.3) is 0 Å². The van der Waals surface area contributed by atoms with Crippen LogP contribution in [0, 0.1) is 23.3 Å². The van der Waals surface area contributed by atoms with Crippen molar-refractivity contribution in [2.45, 2.75) is 6.92 Å². The molecule has 0 atom stereocenters. The predicted octanol–water partition coefficient (Wildman–Crippen LogP) is -0.664. The lowest BCUT2D eigenvalue weighted by Gasteiger charge is -1.48. The minimum atomic E-state index is 0.940. The van der Waals surface area contributed by atoms with Crippen molar-refractivity contribution in [3.05, 3.63) is 0 Å². The number of rotatable bonds is 0. The second kappa shape index (κ2) is 4.34. The molecule has 1 heteroatoms. The Morgan fingerprint density at radius 2 is 2.00 bits per heavy atom. The first-order valence-corrected chi connectivity index (χ1v) is 2.75. The van der Waals surface area contributed by atoms with Gasteiger partial charge in [-0.25, -0.2) is 0 Å². The van der Waals surface area contributed by atoms with Crippen LogP contribution < -0.4 is 0 Å². The molecule has 0 aliphatic rings. The first-order valence-electron chi connectivity index (χ1n) is 1.75. The molecule has 0 saturated carbocycles. The third-order valence-corrected chi connectivity index (χ3v) is 0.562. The summed E-state index contributed by atoms with van der Waals surface area (Å²) in [5, 5.41) is 0. The van der Waals surface area contributed by atoms with Gasteiger partial charge in [0.1, 0.15) is 0 Å². The quantitative estimate of drug-likeness (QED) is 0.276. The Balaban J connectivity index is 3.43. The van der Waals surface area contributed by atoms with Crippen LogP contribution in [0.1, 0.15) is 6.92 Å². The van der Waals surface area contributed by atoms with Crippen LogP contribution >= 0.6 is 0 Å². The average Bonchev–Trinajstić information content (AvgIpc) is 1.61. The summed E-state index contributed by atoms with van der Waals surface area (Å²) in [4.78, 5) is 0. The summed E-state index contributed by atoms with van der Waals surface area (Å²) < 4.78 is 0. The molecule has 0 nitrogen and oxygen atoms in total. The molecule has 0 bridgehead atoms. The Morgan fingerprint density at radius 1 is 1.33 bits per heavy atom. The van der Waals surface area contributed by atoms with E-state index in [-0.39, 0.29) is 0 Å². The van der Waals surface area contributed by atoms with Gasteiger partial charge in [-0.2, -0.15) is 0 Å². The summed E-state index contributed by atoms with van der Waals surface area (Å²) in [6.07, 6.45) is 0. The van der Waals surface area contributed by atoms with Crippen LogP contribution in [0.15, 0.2) is 0 Å². The van der Waals surface area contributed by atoms with E-state index in [1.54, 1.807) is 6.92 Å². The van der Waals surface area contributed by atoms with E-state index in [0.29, 0.717) is 0 Å². The Bertz CT molecular complexity index is 107. The van der Waals surface area contributed by atoms with Gasteiger partial charge in [0.2, 0.25) is 0 Å². The molecule has 0 N–H and O–H groups in total. The van der Waals surface area contributed by atoms with Gasteiger partial charge in [-0.3, -0.25) is 0 Å². The lowest BCUT2D eigenvalue weighted by atomic mass is 10.6. The molecule has 0 radical (unpaired) electrons. The van der Waals surface area contributed by atoms with E-state index < -0.39 is 0 Å². The molecule has 0 heterocycles. The fraction of sp³-hybridized carbons (Fsp3) is 0.200. The van der Waals surface area contributed by atoms with E-state index in [0.717, 1.165) is 10.2 Å². The maximum atomic E-state index is 2.78. The Kier molecular flexibility index (Phi) is 3.86. The third kappa shape index (κ3) is 3.34. The summed E-state index contributed by atoms with van der Waals surface area (Å²) in [6, 6.07) is 0. The van der Waals surface area contributed by atoms with Gasteiger partial charge in [-0.15, -0.1) is 5.54 Å². The average molecular weight is 94.2 g/mol. The summed E-state index contributed by atoms with van der Waals surface area (Å²) in [7, 11) is 0.940. The van der Waals surface area contributed by atoms with E-state index in [1.165, 1.54) is 0 Å². The molecule has 0 fully saturated rings. The van der Waals surface area contributed by atoms with E-state index in [4.69, 9.17) is 0 Å². The molecule has 0 aromatic carbocycles. The third-order valence-electron chi connectivity index (χ3n) is 0.312. The van der Waals surface area contributed by atoms with E-state index in [9.17, 15) is 0 Å². The molecule has 0 unspecified atom stereocenters. The maximum Gasteiger partial charge on any atom is 0.0919 e. The van der Waals surface area contributed by atoms with E-state index in [1.807, 2.05) is 0 Å². The first kappa shape index (κ1) is 5.34. The van der Waals surface area contributed by atoms with Crippen molar-refractivity contribution in [3.8, 4) is 23.3 Å². The zero-order valence-corrected chi connectivity index (χ0v) is 6.00. The highest BCUT2D eigenvalue weighted by Crippen LogP contribution is 1.44. The van der Waals surface area contributed by atoms with Gasteiger partial charge in [0.15, 0.2) is 0 Å². The van der Waals surface area contributed by atoms with Crippen LogP contribution in [0.4, 0.5) is 0 Å². The summed E-state index contributed by atoms with van der Waals surface area (Å²) in [6.45, 7) is 1.78. The van der Waals surface area contributed by atoms with Crippen LogP contribution in [0.2, 0.25) is 0 Å². The fourth-order valence-corrected chi connectivity index (χ4v) is 0.250. The lowest BCUT2D eigenvalue weighted by Crippen LogP contribution is -1.48. The molecule has 0 aromatic rings. The summed E-state index contributed by atoms with van der Waals surface area (Å²) in [5.41, 5.74) is 2.78. The second-order valence-electron chi connectivity index (χ2n) is 0.750. The summed E-state index contributed by atoms with van der Waals surface area (Å²) in [5.74, 6) is 7.94. The molecule has 0 aliphatic heterocycles. The van der Waals surface area contributed by atoms with Gasteiger partial charge in [-0.05, 0) is 18.8 Å². The van der Waals surface area contributed by atoms with Gasteiger partial charge >= 0.3 is 0 Å². The molecule has 0 aromatic heterocycles. The van der Waals surface area contributed by atoms with Crippen molar-refractivity contribution in [3.63, 3.8) is 0 Å². The Hall–Kier alpha value is -0.663. The smallest absolute Gasteiger partial charge is 0.0919 e. The molecular formula is C5H6Si. The van der Waals surface area contributed by atoms with E-state index in [2.05, 4.69) is 23.3 Å². The predicted molar refractivity (Wildman–Crippen MR) is 31.2 cm³/mol. The highest BCUT2D eigenvalue weighted by molar-refractivity contribution is 6.22. The van der Waals surface area contributed by atoms with Crippen molar-refractivity contribution >= 4 is 10.2 Å². The monoisotopic (exact) mass is 94.0 g/mol. The molecule has 0 rings (SSSR count). The van der Waals surface area contributed by atoms with Gasteiger partial charge in [-0.1, -0.05) is 5.92 Å². The van der Waals surface area contributed by atoms with Crippen molar-refractivity contribution in [1.82, 2.24) is 0 Å². The number of hydrogen-bond acceptors (Lipinski definition) is 0. The molecule has 0 amide bonds. The second-order valence-corrected chi connectivity index (χ2v) is 1.25. The highest BCUT2D eigenvalue weighted by Gasteiger charge is 1.41. The standard InChI is InChI=1S/C5H6Si/c1-2-3-4-5-6/h1,6H3. The zero-order chi connectivity index (χ0) is 4.83. The Morgan fingerprint density at radius 3 is 2.17 bits per heavy atom. The van der Waals surface area contributed by atoms with Crippen LogP contribution in [0.3, 0.4) is 0 Å². The van der Waals surface area contributed by atoms with Crippen molar-refractivity contribution in [2.75, 3.05) is 0 Å². The molecule has 0 spiro atoms. The number of hydrogen-bond donors (Lipinski definition) is 0. The Labute approximate surface area is 41.4 Å². The zero-order valence-electron chi connectivity index (χ0n) is 4.00. The van der Waals surface area contributed by atoms with Gasteiger partial charge in [0, 0.05) is 0 Å². The SMILES string of the molecule is CC#CC#C[SiH3]. The van der Waals surface area contributed by atoms with E-state index >= 15 is 0 Å².